The van der Waals surface area contributed by atoms with Crippen molar-refractivity contribution >= 4 is 17.5 Å². The molecule has 0 aromatic heterocycles. The third-order valence-corrected chi connectivity index (χ3v) is 5.63. The summed E-state index contributed by atoms with van der Waals surface area (Å²) in [6.07, 6.45) is 5.45. The second-order valence-electron chi connectivity index (χ2n) is 8.13. The van der Waals surface area contributed by atoms with Gasteiger partial charge in [0.15, 0.2) is 6.10 Å². The number of ether oxygens (including phenoxy) is 1. The minimum Gasteiger partial charge on any atom is -0.480 e. The zero-order chi connectivity index (χ0) is 21.5. The lowest BCUT2D eigenvalue weighted by molar-refractivity contribution is -0.122. The number of nitrogens with one attached hydrogen (secondary N) is 2. The van der Waals surface area contributed by atoms with Crippen LogP contribution in [-0.4, -0.2) is 24.0 Å². The highest BCUT2D eigenvalue weighted by Gasteiger charge is 2.23. The molecular formula is C25H32N2O3. The average molecular weight is 409 g/mol. The first kappa shape index (κ1) is 21.9. The number of hydrogen-bond acceptors (Lipinski definition) is 3. The summed E-state index contributed by atoms with van der Waals surface area (Å²) in [4.78, 5) is 25.8. The van der Waals surface area contributed by atoms with Gasteiger partial charge in [-0.15, -0.1) is 0 Å². The van der Waals surface area contributed by atoms with Crippen LogP contribution in [0.5, 0.6) is 5.75 Å². The largest absolute Gasteiger partial charge is 0.480 e. The first-order valence-electron chi connectivity index (χ1n) is 10.9. The molecule has 0 spiro atoms. The van der Waals surface area contributed by atoms with Gasteiger partial charge in [-0.1, -0.05) is 56.0 Å². The molecule has 160 valence electrons. The number of hydrogen-bond donors (Lipinski definition) is 2. The third-order valence-electron chi connectivity index (χ3n) is 5.63. The molecule has 5 nitrogen and oxygen atoms in total. The van der Waals surface area contributed by atoms with E-state index in [-0.39, 0.29) is 17.9 Å². The molecule has 0 saturated heterocycles. The van der Waals surface area contributed by atoms with Gasteiger partial charge in [0.05, 0.1) is 11.3 Å². The minimum absolute atomic E-state index is 0.138. The number of carbonyl (C=O) groups is 2. The van der Waals surface area contributed by atoms with Gasteiger partial charge in [0, 0.05) is 6.04 Å². The molecule has 1 saturated carbocycles. The second-order valence-corrected chi connectivity index (χ2v) is 8.13. The van der Waals surface area contributed by atoms with E-state index in [0.717, 1.165) is 36.8 Å². The molecule has 1 aliphatic carbocycles. The van der Waals surface area contributed by atoms with Crippen LogP contribution < -0.4 is 15.4 Å². The molecule has 2 N–H and O–H groups in total. The first-order chi connectivity index (χ1) is 14.5. The van der Waals surface area contributed by atoms with Gasteiger partial charge in [-0.3, -0.25) is 9.59 Å². The van der Waals surface area contributed by atoms with Gasteiger partial charge in [-0.25, -0.2) is 0 Å². The normalized spacial score (nSPS) is 15.3. The summed E-state index contributed by atoms with van der Waals surface area (Å²) in [5, 5.41) is 6.03. The third kappa shape index (κ3) is 5.62. The van der Waals surface area contributed by atoms with E-state index in [0.29, 0.717) is 23.4 Å². The second kappa shape index (κ2) is 10.3. The molecule has 1 fully saturated rings. The van der Waals surface area contributed by atoms with E-state index in [1.807, 2.05) is 51.1 Å². The minimum atomic E-state index is -0.638. The van der Waals surface area contributed by atoms with Crippen LogP contribution in [0.4, 0.5) is 5.69 Å². The topological polar surface area (TPSA) is 67.4 Å². The van der Waals surface area contributed by atoms with Crippen molar-refractivity contribution in [2.45, 2.75) is 71.4 Å². The van der Waals surface area contributed by atoms with Crippen molar-refractivity contribution in [1.29, 1.82) is 0 Å². The number of rotatable bonds is 7. The Labute approximate surface area is 179 Å². The number of amides is 2. The fraction of sp³-hybridized carbons (Fsp3) is 0.440. The van der Waals surface area contributed by atoms with Crippen molar-refractivity contribution in [1.82, 2.24) is 5.32 Å². The maximum absolute atomic E-state index is 12.9. The van der Waals surface area contributed by atoms with Crippen LogP contribution in [0.15, 0.2) is 42.5 Å². The quantitative estimate of drug-likeness (QED) is 0.665. The predicted molar refractivity (Wildman–Crippen MR) is 120 cm³/mol. The molecular weight excluding hydrogens is 376 g/mol. The van der Waals surface area contributed by atoms with Gasteiger partial charge in [0.2, 0.25) is 0 Å². The smallest absolute Gasteiger partial charge is 0.265 e. The van der Waals surface area contributed by atoms with E-state index >= 15 is 0 Å². The predicted octanol–water partition coefficient (Wildman–Crippen LogP) is 5.16. The van der Waals surface area contributed by atoms with Gasteiger partial charge in [-0.05, 0) is 56.9 Å². The molecule has 2 aromatic carbocycles. The maximum atomic E-state index is 12.9. The lowest BCUT2D eigenvalue weighted by atomic mass is 9.95. The standard InChI is InChI=1S/C25H32N2O3/c1-4-22(30-23-15-14-17(2)16-18(23)3)25(29)27-21-13-9-8-12-20(21)24(28)26-19-10-6-5-7-11-19/h8-9,12-16,19,22H,4-7,10-11H2,1-3H3,(H,26,28)(H,27,29)/t22-/m1/s1. The Hall–Kier alpha value is -2.82. The van der Waals surface area contributed by atoms with Crippen LogP contribution in [0, 0.1) is 13.8 Å². The SMILES string of the molecule is CC[C@@H](Oc1ccc(C)cc1C)C(=O)Nc1ccccc1C(=O)NC1CCCCC1. The van der Waals surface area contributed by atoms with Crippen LogP contribution in [0.1, 0.15) is 66.9 Å². The zero-order valence-electron chi connectivity index (χ0n) is 18.2. The van der Waals surface area contributed by atoms with Crippen molar-refractivity contribution in [2.24, 2.45) is 0 Å². The van der Waals surface area contributed by atoms with Crippen LogP contribution in [0.25, 0.3) is 0 Å². The van der Waals surface area contributed by atoms with Crippen molar-refractivity contribution in [3.63, 3.8) is 0 Å². The Balaban J connectivity index is 1.69. The van der Waals surface area contributed by atoms with Gasteiger partial charge in [0.1, 0.15) is 5.75 Å². The number of carbonyl (C=O) groups excluding carboxylic acids is 2. The van der Waals surface area contributed by atoms with Crippen molar-refractivity contribution in [2.75, 3.05) is 5.32 Å². The summed E-state index contributed by atoms with van der Waals surface area (Å²) >= 11 is 0. The number of benzene rings is 2. The van der Waals surface area contributed by atoms with Gasteiger partial charge >= 0.3 is 0 Å². The van der Waals surface area contributed by atoms with Crippen molar-refractivity contribution in [3.05, 3.63) is 59.2 Å². The Bertz CT molecular complexity index is 888. The van der Waals surface area contributed by atoms with Crippen molar-refractivity contribution in [3.8, 4) is 5.75 Å². The Kier molecular flexibility index (Phi) is 7.50. The molecule has 0 bridgehead atoms. The average Bonchev–Trinajstić information content (AvgIpc) is 2.74. The molecule has 0 heterocycles. The molecule has 30 heavy (non-hydrogen) atoms. The van der Waals surface area contributed by atoms with E-state index in [9.17, 15) is 9.59 Å². The van der Waals surface area contributed by atoms with Gasteiger partial charge in [0.25, 0.3) is 11.8 Å². The van der Waals surface area contributed by atoms with Crippen molar-refractivity contribution < 1.29 is 14.3 Å². The Morgan fingerprint density at radius 1 is 1.07 bits per heavy atom. The van der Waals surface area contributed by atoms with E-state index in [1.54, 1.807) is 12.1 Å². The highest BCUT2D eigenvalue weighted by molar-refractivity contribution is 6.04. The number of para-hydroxylation sites is 1. The fourth-order valence-corrected chi connectivity index (χ4v) is 3.92. The fourth-order valence-electron chi connectivity index (χ4n) is 3.92. The summed E-state index contributed by atoms with van der Waals surface area (Å²) in [6.45, 7) is 5.91. The molecule has 0 aliphatic heterocycles. The van der Waals surface area contributed by atoms with Crippen LogP contribution >= 0.6 is 0 Å². The molecule has 1 aliphatic rings. The molecule has 3 rings (SSSR count). The highest BCUT2D eigenvalue weighted by Crippen LogP contribution is 2.23. The van der Waals surface area contributed by atoms with Gasteiger partial charge in [-0.2, -0.15) is 0 Å². The van der Waals surface area contributed by atoms with Crippen LogP contribution in [-0.2, 0) is 4.79 Å². The molecule has 1 atom stereocenters. The van der Waals surface area contributed by atoms with Crippen LogP contribution in [0.3, 0.4) is 0 Å². The number of anilines is 1. The first-order valence-corrected chi connectivity index (χ1v) is 10.9. The van der Waals surface area contributed by atoms with E-state index in [4.69, 9.17) is 4.74 Å². The van der Waals surface area contributed by atoms with E-state index in [2.05, 4.69) is 10.6 Å². The molecule has 2 aromatic rings. The molecule has 0 unspecified atom stereocenters. The zero-order valence-corrected chi connectivity index (χ0v) is 18.2. The Morgan fingerprint density at radius 2 is 1.80 bits per heavy atom. The summed E-state index contributed by atoms with van der Waals surface area (Å²) in [5.74, 6) is 0.308. The summed E-state index contributed by atoms with van der Waals surface area (Å²) in [7, 11) is 0. The molecule has 0 radical (unpaired) electrons. The number of aryl methyl sites for hydroxylation is 2. The molecule has 5 heteroatoms. The summed E-state index contributed by atoms with van der Waals surface area (Å²) < 4.78 is 5.99. The lowest BCUT2D eigenvalue weighted by Crippen LogP contribution is -2.37. The Morgan fingerprint density at radius 3 is 2.50 bits per heavy atom. The van der Waals surface area contributed by atoms with E-state index in [1.165, 1.54) is 6.42 Å². The van der Waals surface area contributed by atoms with E-state index < -0.39 is 6.10 Å². The lowest BCUT2D eigenvalue weighted by Gasteiger charge is -2.23. The monoisotopic (exact) mass is 408 g/mol. The highest BCUT2D eigenvalue weighted by atomic mass is 16.5. The molecule has 2 amide bonds. The van der Waals surface area contributed by atoms with Gasteiger partial charge < -0.3 is 15.4 Å². The summed E-state index contributed by atoms with van der Waals surface area (Å²) in [6, 6.07) is 13.3. The van der Waals surface area contributed by atoms with Crippen LogP contribution in [0.2, 0.25) is 0 Å². The maximum Gasteiger partial charge on any atom is 0.265 e. The summed E-state index contributed by atoms with van der Waals surface area (Å²) in [5.41, 5.74) is 3.14.